The van der Waals surface area contributed by atoms with Gasteiger partial charge in [-0.25, -0.2) is 4.79 Å². The topological polar surface area (TPSA) is 53.6 Å². The Morgan fingerprint density at radius 1 is 1.29 bits per heavy atom. The maximum Gasteiger partial charge on any atom is 0.319 e. The number of likely N-dealkylation sites (N-methyl/N-ethyl adjacent to an activating group) is 1. The summed E-state index contributed by atoms with van der Waals surface area (Å²) in [6, 6.07) is 7.74. The molecule has 5 nitrogen and oxygen atoms in total. The largest absolute Gasteiger partial charge is 0.490 e. The van der Waals surface area contributed by atoms with E-state index in [0.29, 0.717) is 12.6 Å². The van der Waals surface area contributed by atoms with Crippen LogP contribution in [-0.4, -0.2) is 43.2 Å². The highest BCUT2D eigenvalue weighted by atomic mass is 16.5. The minimum Gasteiger partial charge on any atom is -0.490 e. The van der Waals surface area contributed by atoms with Crippen LogP contribution in [0.25, 0.3) is 0 Å². The zero-order chi connectivity index (χ0) is 15.1. The summed E-state index contributed by atoms with van der Waals surface area (Å²) in [5.74, 6) is 0.718. The standard InChI is InChI=1S/C16H25N3O2/c1-3-19(4-2)11-12-21-15-8-6-5-7-14(15)18-16(20)17-13-9-10-13/h5-8,13H,3-4,9-12H2,1-2H3,(H2,17,18,20). The molecule has 0 bridgehead atoms. The lowest BCUT2D eigenvalue weighted by atomic mass is 10.3. The number of ether oxygens (including phenoxy) is 1. The number of amides is 2. The van der Waals surface area contributed by atoms with Gasteiger partial charge < -0.3 is 20.3 Å². The maximum absolute atomic E-state index is 11.8. The molecule has 0 aromatic heterocycles. The highest BCUT2D eigenvalue weighted by Crippen LogP contribution is 2.24. The van der Waals surface area contributed by atoms with Gasteiger partial charge in [-0.1, -0.05) is 26.0 Å². The number of anilines is 1. The molecule has 0 saturated heterocycles. The van der Waals surface area contributed by atoms with Crippen molar-refractivity contribution in [2.75, 3.05) is 31.6 Å². The van der Waals surface area contributed by atoms with Crippen LogP contribution in [0.2, 0.25) is 0 Å². The van der Waals surface area contributed by atoms with Crippen LogP contribution in [0.5, 0.6) is 5.75 Å². The Labute approximate surface area is 126 Å². The van der Waals surface area contributed by atoms with Crippen molar-refractivity contribution in [3.63, 3.8) is 0 Å². The molecule has 21 heavy (non-hydrogen) atoms. The molecule has 1 fully saturated rings. The molecule has 0 aliphatic heterocycles. The molecule has 5 heteroatoms. The fraction of sp³-hybridized carbons (Fsp3) is 0.562. The Bertz CT molecular complexity index is 457. The van der Waals surface area contributed by atoms with Crippen molar-refractivity contribution >= 4 is 11.7 Å². The van der Waals surface area contributed by atoms with E-state index in [1.807, 2.05) is 24.3 Å². The van der Waals surface area contributed by atoms with E-state index in [-0.39, 0.29) is 6.03 Å². The fourth-order valence-corrected chi connectivity index (χ4v) is 2.09. The molecule has 1 aliphatic carbocycles. The van der Waals surface area contributed by atoms with Gasteiger partial charge in [-0.15, -0.1) is 0 Å². The van der Waals surface area contributed by atoms with Crippen molar-refractivity contribution in [2.45, 2.75) is 32.7 Å². The van der Waals surface area contributed by atoms with Crippen LogP contribution in [0.3, 0.4) is 0 Å². The van der Waals surface area contributed by atoms with Gasteiger partial charge in [0.25, 0.3) is 0 Å². The van der Waals surface area contributed by atoms with Gasteiger partial charge in [0.05, 0.1) is 5.69 Å². The minimum absolute atomic E-state index is 0.155. The molecule has 0 spiro atoms. The zero-order valence-corrected chi connectivity index (χ0v) is 12.9. The van der Waals surface area contributed by atoms with Crippen LogP contribution in [0.15, 0.2) is 24.3 Å². The first kappa shape index (κ1) is 15.6. The SMILES string of the molecule is CCN(CC)CCOc1ccccc1NC(=O)NC1CC1. The van der Waals surface area contributed by atoms with Crippen molar-refractivity contribution < 1.29 is 9.53 Å². The summed E-state index contributed by atoms with van der Waals surface area (Å²) < 4.78 is 5.81. The summed E-state index contributed by atoms with van der Waals surface area (Å²) in [6.45, 7) is 7.82. The maximum atomic E-state index is 11.8. The summed E-state index contributed by atoms with van der Waals surface area (Å²) in [7, 11) is 0. The van der Waals surface area contributed by atoms with Crippen LogP contribution in [0.4, 0.5) is 10.5 Å². The van der Waals surface area contributed by atoms with Gasteiger partial charge in [-0.05, 0) is 38.1 Å². The van der Waals surface area contributed by atoms with E-state index in [0.717, 1.165) is 43.9 Å². The summed E-state index contributed by atoms with van der Waals surface area (Å²) in [5.41, 5.74) is 0.718. The second-order valence-corrected chi connectivity index (χ2v) is 5.24. The molecule has 2 N–H and O–H groups in total. The normalized spacial score (nSPS) is 14.0. The van der Waals surface area contributed by atoms with Gasteiger partial charge in [0.1, 0.15) is 12.4 Å². The number of hydrogen-bond donors (Lipinski definition) is 2. The Morgan fingerprint density at radius 3 is 2.67 bits per heavy atom. The highest BCUT2D eigenvalue weighted by Gasteiger charge is 2.23. The van der Waals surface area contributed by atoms with Crippen LogP contribution in [-0.2, 0) is 0 Å². The fourth-order valence-electron chi connectivity index (χ4n) is 2.09. The Hall–Kier alpha value is -1.75. The van der Waals surface area contributed by atoms with E-state index in [9.17, 15) is 4.79 Å². The van der Waals surface area contributed by atoms with Crippen LogP contribution >= 0.6 is 0 Å². The summed E-state index contributed by atoms with van der Waals surface area (Å²) in [5, 5.41) is 5.77. The summed E-state index contributed by atoms with van der Waals surface area (Å²) in [6.07, 6.45) is 2.16. The third-order valence-electron chi connectivity index (χ3n) is 3.61. The van der Waals surface area contributed by atoms with Gasteiger partial charge in [0, 0.05) is 12.6 Å². The first-order valence-electron chi connectivity index (χ1n) is 7.74. The third-order valence-corrected chi connectivity index (χ3v) is 3.61. The van der Waals surface area contributed by atoms with Crippen LogP contribution in [0.1, 0.15) is 26.7 Å². The van der Waals surface area contributed by atoms with Crippen molar-refractivity contribution in [1.82, 2.24) is 10.2 Å². The van der Waals surface area contributed by atoms with Crippen molar-refractivity contribution in [3.8, 4) is 5.75 Å². The molecule has 1 aromatic rings. The van der Waals surface area contributed by atoms with Crippen molar-refractivity contribution in [3.05, 3.63) is 24.3 Å². The number of urea groups is 1. The molecule has 0 unspecified atom stereocenters. The number of benzene rings is 1. The highest BCUT2D eigenvalue weighted by molar-refractivity contribution is 5.91. The van der Waals surface area contributed by atoms with Crippen LogP contribution < -0.4 is 15.4 Å². The molecule has 0 heterocycles. The van der Waals surface area contributed by atoms with Crippen molar-refractivity contribution in [2.24, 2.45) is 0 Å². The lowest BCUT2D eigenvalue weighted by Crippen LogP contribution is -2.31. The predicted molar refractivity (Wildman–Crippen MR) is 84.9 cm³/mol. The molecule has 1 aliphatic rings. The third kappa shape index (κ3) is 5.27. The molecule has 2 amide bonds. The number of hydrogen-bond acceptors (Lipinski definition) is 3. The number of rotatable bonds is 8. The van der Waals surface area contributed by atoms with Crippen LogP contribution in [0, 0.1) is 0 Å². The molecule has 1 aromatic carbocycles. The molecule has 2 rings (SSSR count). The van der Waals surface area contributed by atoms with E-state index < -0.39 is 0 Å². The number of para-hydroxylation sites is 2. The number of carbonyl (C=O) groups excluding carboxylic acids is 1. The van der Waals surface area contributed by atoms with E-state index in [4.69, 9.17) is 4.74 Å². The van der Waals surface area contributed by atoms with Gasteiger partial charge >= 0.3 is 6.03 Å². The quantitative estimate of drug-likeness (QED) is 0.774. The summed E-state index contributed by atoms with van der Waals surface area (Å²) >= 11 is 0. The first-order valence-corrected chi connectivity index (χ1v) is 7.74. The molecule has 1 saturated carbocycles. The first-order chi connectivity index (χ1) is 10.2. The Balaban J connectivity index is 1.85. The van der Waals surface area contributed by atoms with E-state index in [1.165, 1.54) is 0 Å². The second-order valence-electron chi connectivity index (χ2n) is 5.24. The average Bonchev–Trinajstić information content (AvgIpc) is 3.29. The predicted octanol–water partition coefficient (Wildman–Crippen LogP) is 2.69. The number of nitrogens with one attached hydrogen (secondary N) is 2. The lowest BCUT2D eigenvalue weighted by Gasteiger charge is -2.19. The summed E-state index contributed by atoms with van der Waals surface area (Å²) in [4.78, 5) is 14.1. The molecule has 116 valence electrons. The van der Waals surface area contributed by atoms with Crippen molar-refractivity contribution in [1.29, 1.82) is 0 Å². The van der Waals surface area contributed by atoms with Gasteiger partial charge in [-0.3, -0.25) is 0 Å². The van der Waals surface area contributed by atoms with E-state index in [2.05, 4.69) is 29.4 Å². The smallest absolute Gasteiger partial charge is 0.319 e. The van der Waals surface area contributed by atoms with E-state index >= 15 is 0 Å². The molecule has 0 radical (unpaired) electrons. The van der Waals surface area contributed by atoms with Gasteiger partial charge in [0.2, 0.25) is 0 Å². The molecular weight excluding hydrogens is 266 g/mol. The average molecular weight is 291 g/mol. The number of nitrogens with zero attached hydrogens (tertiary/aromatic N) is 1. The molecular formula is C16H25N3O2. The molecule has 0 atom stereocenters. The lowest BCUT2D eigenvalue weighted by molar-refractivity contribution is 0.223. The Morgan fingerprint density at radius 2 is 2.00 bits per heavy atom. The van der Waals surface area contributed by atoms with E-state index in [1.54, 1.807) is 0 Å². The minimum atomic E-state index is -0.155. The Kier molecular flexibility index (Phi) is 5.87. The second kappa shape index (κ2) is 7.88. The van der Waals surface area contributed by atoms with Gasteiger partial charge in [0.15, 0.2) is 0 Å². The van der Waals surface area contributed by atoms with Gasteiger partial charge in [-0.2, -0.15) is 0 Å². The number of carbonyl (C=O) groups is 1. The zero-order valence-electron chi connectivity index (χ0n) is 12.9. The monoisotopic (exact) mass is 291 g/mol.